The molecule has 158 valence electrons. The van der Waals surface area contributed by atoms with Crippen molar-refractivity contribution in [2.45, 2.75) is 72.7 Å². The van der Waals surface area contributed by atoms with Gasteiger partial charge in [-0.25, -0.2) is 0 Å². The Morgan fingerprint density at radius 3 is 2.04 bits per heavy atom. The van der Waals surface area contributed by atoms with Gasteiger partial charge in [0.25, 0.3) is 0 Å². The second kappa shape index (κ2) is 8.16. The minimum atomic E-state index is -2.90. The number of aliphatic hydroxyl groups is 8. The molecule has 0 bridgehead atoms. The van der Waals surface area contributed by atoms with E-state index >= 15 is 0 Å². The normalized spacial score (nSPS) is 51.2. The van der Waals surface area contributed by atoms with Crippen LogP contribution in [0.1, 0.15) is 13.3 Å². The second-order valence-electron chi connectivity index (χ2n) is 6.79. The summed E-state index contributed by atoms with van der Waals surface area (Å²) in [5.41, 5.74) is -2.85. The molecule has 2 aliphatic heterocycles. The molecule has 0 radical (unpaired) electrons. The van der Waals surface area contributed by atoms with E-state index < -0.39 is 78.4 Å². The molecular formula is C15H26O11S. The minimum absolute atomic E-state index is 0.308. The average molecular weight is 414 g/mol. The SMILES string of the molecule is CCC(=O)[C@@]1(O)[C@@H](O)C(C2(O)O[C@H](CO)[C@@H](S)[C@H](O)[C@H]2O)O[C@H](CO)[C@@H]1O. The first-order valence-electron chi connectivity index (χ1n) is 8.43. The van der Waals surface area contributed by atoms with Crippen LogP contribution in [0.5, 0.6) is 0 Å². The van der Waals surface area contributed by atoms with Crippen LogP contribution >= 0.6 is 12.6 Å². The summed E-state index contributed by atoms with van der Waals surface area (Å²) < 4.78 is 10.4. The third-order valence-corrected chi connectivity index (χ3v) is 5.85. The maximum atomic E-state index is 12.2. The molecule has 0 saturated carbocycles. The van der Waals surface area contributed by atoms with Crippen molar-refractivity contribution >= 4 is 18.4 Å². The average Bonchev–Trinajstić information content (AvgIpc) is 2.66. The lowest BCUT2D eigenvalue weighted by Crippen LogP contribution is -2.78. The molecule has 0 aromatic heterocycles. The van der Waals surface area contributed by atoms with Crippen molar-refractivity contribution in [3.63, 3.8) is 0 Å². The number of ether oxygens (including phenoxy) is 2. The Hall–Kier alpha value is -0.380. The van der Waals surface area contributed by atoms with Gasteiger partial charge in [0.05, 0.1) is 30.7 Å². The number of thiol groups is 1. The van der Waals surface area contributed by atoms with E-state index in [1.807, 2.05) is 0 Å². The number of aliphatic hydroxyl groups excluding tert-OH is 6. The third-order valence-electron chi connectivity index (χ3n) is 5.22. The lowest BCUT2D eigenvalue weighted by atomic mass is 9.74. The molecule has 2 heterocycles. The molecule has 2 aliphatic rings. The lowest BCUT2D eigenvalue weighted by Gasteiger charge is -2.55. The number of carbonyl (C=O) groups excluding carboxylic acids is 1. The number of Topliss-reactive ketones (excluding diaryl/α,β-unsaturated/α-hetero) is 1. The van der Waals surface area contributed by atoms with E-state index in [0.717, 1.165) is 0 Å². The van der Waals surface area contributed by atoms with Crippen molar-refractivity contribution in [3.8, 4) is 0 Å². The molecule has 2 fully saturated rings. The van der Waals surface area contributed by atoms with Crippen molar-refractivity contribution in [1.29, 1.82) is 0 Å². The van der Waals surface area contributed by atoms with Gasteiger partial charge in [0.2, 0.25) is 5.79 Å². The first-order chi connectivity index (χ1) is 12.5. The third kappa shape index (κ3) is 3.42. The van der Waals surface area contributed by atoms with Gasteiger partial charge in [-0.2, -0.15) is 12.6 Å². The molecule has 12 heteroatoms. The highest BCUT2D eigenvalue weighted by atomic mass is 32.1. The first kappa shape index (κ1) is 22.9. The largest absolute Gasteiger partial charge is 0.394 e. The van der Waals surface area contributed by atoms with Crippen LogP contribution in [-0.2, 0) is 14.3 Å². The molecule has 2 unspecified atom stereocenters. The summed E-state index contributed by atoms with van der Waals surface area (Å²) in [5.74, 6) is -3.91. The van der Waals surface area contributed by atoms with Crippen LogP contribution in [0.25, 0.3) is 0 Å². The minimum Gasteiger partial charge on any atom is -0.394 e. The Labute approximate surface area is 160 Å². The Morgan fingerprint density at radius 1 is 1.00 bits per heavy atom. The number of hydrogen-bond acceptors (Lipinski definition) is 12. The molecule has 0 aromatic carbocycles. The zero-order valence-corrected chi connectivity index (χ0v) is 15.4. The molecule has 2 saturated heterocycles. The Bertz CT molecular complexity index is 548. The maximum absolute atomic E-state index is 12.2. The quantitative estimate of drug-likeness (QED) is 0.196. The monoisotopic (exact) mass is 414 g/mol. The van der Waals surface area contributed by atoms with E-state index in [4.69, 9.17) is 9.47 Å². The van der Waals surface area contributed by atoms with Crippen LogP contribution in [-0.4, -0.2) is 119 Å². The molecule has 0 aliphatic carbocycles. The maximum Gasteiger partial charge on any atom is 0.224 e. The predicted molar refractivity (Wildman–Crippen MR) is 89.7 cm³/mol. The predicted octanol–water partition coefficient (Wildman–Crippen LogP) is -4.72. The zero-order chi connectivity index (χ0) is 20.7. The number of carbonyl (C=O) groups is 1. The topological polar surface area (TPSA) is 197 Å². The van der Waals surface area contributed by atoms with Gasteiger partial charge in [0.15, 0.2) is 11.4 Å². The van der Waals surface area contributed by atoms with E-state index in [9.17, 15) is 45.6 Å². The fraction of sp³-hybridized carbons (Fsp3) is 0.933. The first-order valence-corrected chi connectivity index (χ1v) is 8.95. The van der Waals surface area contributed by atoms with Gasteiger partial charge >= 0.3 is 0 Å². The van der Waals surface area contributed by atoms with Gasteiger partial charge in [-0.3, -0.25) is 4.79 Å². The molecule has 0 aromatic rings. The molecule has 0 spiro atoms. The van der Waals surface area contributed by atoms with E-state index in [2.05, 4.69) is 12.6 Å². The number of rotatable bonds is 5. The molecule has 0 amide bonds. The number of ketones is 1. The highest BCUT2D eigenvalue weighted by Gasteiger charge is 2.67. The Balaban J connectivity index is 2.49. The van der Waals surface area contributed by atoms with Crippen LogP contribution < -0.4 is 0 Å². The van der Waals surface area contributed by atoms with Gasteiger partial charge in [-0.05, 0) is 0 Å². The van der Waals surface area contributed by atoms with Gasteiger partial charge in [0.1, 0.15) is 30.5 Å². The summed E-state index contributed by atoms with van der Waals surface area (Å²) in [7, 11) is 0. The van der Waals surface area contributed by atoms with Gasteiger partial charge in [-0.1, -0.05) is 6.92 Å². The number of hydrogen-bond donors (Lipinski definition) is 9. The van der Waals surface area contributed by atoms with E-state index in [0.29, 0.717) is 0 Å². The summed E-state index contributed by atoms with van der Waals surface area (Å²) >= 11 is 3.99. The van der Waals surface area contributed by atoms with Gasteiger partial charge in [-0.15, -0.1) is 0 Å². The van der Waals surface area contributed by atoms with Crippen molar-refractivity contribution in [1.82, 2.24) is 0 Å². The van der Waals surface area contributed by atoms with Crippen molar-refractivity contribution < 1.29 is 55.1 Å². The van der Waals surface area contributed by atoms with Crippen LogP contribution in [0.3, 0.4) is 0 Å². The van der Waals surface area contributed by atoms with Crippen LogP contribution in [0.2, 0.25) is 0 Å². The van der Waals surface area contributed by atoms with E-state index in [1.54, 1.807) is 0 Å². The van der Waals surface area contributed by atoms with Gasteiger partial charge in [0, 0.05) is 6.42 Å². The Morgan fingerprint density at radius 2 is 1.56 bits per heavy atom. The fourth-order valence-corrected chi connectivity index (χ4v) is 3.84. The standard InChI is InChI=1S/C15H26O11S/c1-2-7(18)14(23)10(20)6(4-17)25-13(12(14)22)15(24)11(21)8(19)9(27)5(3-16)26-15/h5-6,8-13,16-17,19-24,27H,2-4H2,1H3/t5-,6-,8+,9-,10+,11-,12+,13?,14+,15?/m1/s1. The van der Waals surface area contributed by atoms with Crippen LogP contribution in [0.15, 0.2) is 0 Å². The summed E-state index contributed by atoms with van der Waals surface area (Å²) in [6.07, 6.45) is -13.5. The fourth-order valence-electron chi connectivity index (χ4n) is 3.52. The van der Waals surface area contributed by atoms with Crippen molar-refractivity contribution in [2.75, 3.05) is 13.2 Å². The lowest BCUT2D eigenvalue weighted by molar-refractivity contribution is -0.398. The van der Waals surface area contributed by atoms with Crippen LogP contribution in [0.4, 0.5) is 0 Å². The molecular weight excluding hydrogens is 388 g/mol. The molecule has 11 nitrogen and oxygen atoms in total. The molecule has 8 N–H and O–H groups in total. The van der Waals surface area contributed by atoms with Crippen molar-refractivity contribution in [2.24, 2.45) is 0 Å². The van der Waals surface area contributed by atoms with E-state index in [-0.39, 0.29) is 6.42 Å². The molecule has 27 heavy (non-hydrogen) atoms. The summed E-state index contributed by atoms with van der Waals surface area (Å²) in [5, 5.41) is 80.4. The van der Waals surface area contributed by atoms with Crippen molar-refractivity contribution in [3.05, 3.63) is 0 Å². The molecule has 2 rings (SSSR count). The second-order valence-corrected chi connectivity index (χ2v) is 7.38. The smallest absolute Gasteiger partial charge is 0.224 e. The zero-order valence-electron chi connectivity index (χ0n) is 14.5. The van der Waals surface area contributed by atoms with E-state index in [1.165, 1.54) is 6.92 Å². The van der Waals surface area contributed by atoms with Crippen LogP contribution in [0, 0.1) is 0 Å². The summed E-state index contributed by atoms with van der Waals surface area (Å²) in [6, 6.07) is 0. The highest BCUT2D eigenvalue weighted by molar-refractivity contribution is 7.81. The summed E-state index contributed by atoms with van der Waals surface area (Å²) in [4.78, 5) is 12.2. The molecule has 10 atom stereocenters. The summed E-state index contributed by atoms with van der Waals surface area (Å²) in [6.45, 7) is -0.278. The highest BCUT2D eigenvalue weighted by Crippen LogP contribution is 2.41. The Kier molecular flexibility index (Phi) is 6.92. The van der Waals surface area contributed by atoms with Gasteiger partial charge < -0.3 is 50.3 Å².